The Labute approximate surface area is 177 Å². The molecule has 1 heterocycles. The number of thioether (sulfide) groups is 1. The van der Waals surface area contributed by atoms with Gasteiger partial charge in [-0.05, 0) is 55.0 Å². The van der Waals surface area contributed by atoms with Gasteiger partial charge in [-0.15, -0.1) is 11.8 Å². The number of nitrogens with zero attached hydrogens (tertiary/aromatic N) is 1. The number of hydrogen-bond donors (Lipinski definition) is 1. The van der Waals surface area contributed by atoms with Crippen LogP contribution in [-0.4, -0.2) is 24.7 Å². The summed E-state index contributed by atoms with van der Waals surface area (Å²) in [6.45, 7) is 6.63. The fourth-order valence-electron chi connectivity index (χ4n) is 3.63. The molecule has 1 aliphatic rings. The van der Waals surface area contributed by atoms with Crippen LogP contribution in [0.5, 0.6) is 0 Å². The second-order valence-corrected chi connectivity index (χ2v) is 9.05. The number of piperidine rings is 1. The van der Waals surface area contributed by atoms with E-state index in [1.807, 2.05) is 31.2 Å². The van der Waals surface area contributed by atoms with Crippen molar-refractivity contribution < 1.29 is 4.79 Å². The summed E-state index contributed by atoms with van der Waals surface area (Å²) in [5.74, 6) is 1.98. The molecule has 0 spiro atoms. The standard InChI is InChI=1S/C23H29ClN2OS/c1-17-6-5-13-26(14-17)21-11-9-19(10-12-21)18(2)25-23(27)16-28-15-20-7-3-4-8-22(20)24/h3-4,7-12,17-18H,5-6,13-16H2,1-2H3,(H,25,27)/t17-,18+/m1/s1. The van der Waals surface area contributed by atoms with Crippen molar-refractivity contribution in [2.45, 2.75) is 38.5 Å². The van der Waals surface area contributed by atoms with Crippen LogP contribution in [-0.2, 0) is 10.5 Å². The van der Waals surface area contributed by atoms with Gasteiger partial charge < -0.3 is 10.2 Å². The van der Waals surface area contributed by atoms with E-state index in [0.29, 0.717) is 5.75 Å². The molecule has 0 bridgehead atoms. The third kappa shape index (κ3) is 5.92. The first-order chi connectivity index (χ1) is 13.5. The SMILES string of the molecule is C[C@@H]1CCCN(c2ccc([C@H](C)NC(=O)CSCc3ccccc3Cl)cc2)C1. The zero-order valence-corrected chi connectivity index (χ0v) is 18.2. The maximum atomic E-state index is 12.3. The Morgan fingerprint density at radius 2 is 2.00 bits per heavy atom. The van der Waals surface area contributed by atoms with Crippen LogP contribution in [0.1, 0.15) is 43.9 Å². The molecule has 1 aliphatic heterocycles. The van der Waals surface area contributed by atoms with E-state index in [9.17, 15) is 4.79 Å². The van der Waals surface area contributed by atoms with Gasteiger partial charge in [0.15, 0.2) is 0 Å². The Hall–Kier alpha value is -1.65. The van der Waals surface area contributed by atoms with E-state index in [1.54, 1.807) is 11.8 Å². The van der Waals surface area contributed by atoms with Gasteiger partial charge in [0.05, 0.1) is 11.8 Å². The molecule has 1 amide bonds. The van der Waals surface area contributed by atoms with Crippen molar-refractivity contribution in [1.29, 1.82) is 0 Å². The number of rotatable bonds is 7. The monoisotopic (exact) mass is 416 g/mol. The maximum Gasteiger partial charge on any atom is 0.230 e. The lowest BCUT2D eigenvalue weighted by Gasteiger charge is -2.33. The highest BCUT2D eigenvalue weighted by molar-refractivity contribution is 7.99. The molecule has 0 aromatic heterocycles. The van der Waals surface area contributed by atoms with E-state index < -0.39 is 0 Å². The molecule has 0 radical (unpaired) electrons. The van der Waals surface area contributed by atoms with Gasteiger partial charge in [-0.1, -0.05) is 48.9 Å². The molecular formula is C23H29ClN2OS. The van der Waals surface area contributed by atoms with Crippen molar-refractivity contribution in [2.24, 2.45) is 5.92 Å². The summed E-state index contributed by atoms with van der Waals surface area (Å²) in [4.78, 5) is 14.7. The van der Waals surface area contributed by atoms with Crippen LogP contribution in [0.15, 0.2) is 48.5 Å². The summed E-state index contributed by atoms with van der Waals surface area (Å²) in [6, 6.07) is 16.4. The third-order valence-corrected chi connectivity index (χ3v) is 6.59. The van der Waals surface area contributed by atoms with E-state index >= 15 is 0 Å². The molecule has 0 aliphatic carbocycles. The van der Waals surface area contributed by atoms with Gasteiger partial charge in [0, 0.05) is 29.6 Å². The van der Waals surface area contributed by atoms with E-state index in [0.717, 1.165) is 40.9 Å². The molecule has 0 saturated carbocycles. The molecular weight excluding hydrogens is 388 g/mol. The van der Waals surface area contributed by atoms with E-state index in [-0.39, 0.29) is 11.9 Å². The first-order valence-electron chi connectivity index (χ1n) is 9.98. The lowest BCUT2D eigenvalue weighted by atomic mass is 9.99. The second kappa shape index (κ2) is 10.2. The minimum absolute atomic E-state index is 0.00254. The van der Waals surface area contributed by atoms with Crippen LogP contribution in [0.3, 0.4) is 0 Å². The summed E-state index contributed by atoms with van der Waals surface area (Å²) in [5.41, 5.74) is 3.49. The molecule has 0 unspecified atom stereocenters. The second-order valence-electron chi connectivity index (χ2n) is 7.66. The van der Waals surface area contributed by atoms with Crippen molar-refractivity contribution in [3.8, 4) is 0 Å². The summed E-state index contributed by atoms with van der Waals surface area (Å²) in [6.07, 6.45) is 2.59. The van der Waals surface area contributed by atoms with E-state index in [4.69, 9.17) is 11.6 Å². The third-order valence-electron chi connectivity index (χ3n) is 5.24. The highest BCUT2D eigenvalue weighted by Crippen LogP contribution is 2.25. The molecule has 1 fully saturated rings. The largest absolute Gasteiger partial charge is 0.371 e. The Balaban J connectivity index is 1.46. The Kier molecular flexibility index (Phi) is 7.69. The molecule has 1 N–H and O–H groups in total. The maximum absolute atomic E-state index is 12.3. The van der Waals surface area contributed by atoms with E-state index in [2.05, 4.69) is 41.4 Å². The van der Waals surface area contributed by atoms with Crippen molar-refractivity contribution in [3.05, 3.63) is 64.7 Å². The van der Waals surface area contributed by atoms with Gasteiger partial charge >= 0.3 is 0 Å². The highest BCUT2D eigenvalue weighted by Gasteiger charge is 2.17. The van der Waals surface area contributed by atoms with Crippen LogP contribution < -0.4 is 10.2 Å². The molecule has 3 nitrogen and oxygen atoms in total. The number of carbonyl (C=O) groups excluding carboxylic acids is 1. The van der Waals surface area contributed by atoms with Crippen molar-refractivity contribution in [1.82, 2.24) is 5.32 Å². The van der Waals surface area contributed by atoms with Crippen molar-refractivity contribution in [2.75, 3.05) is 23.7 Å². The number of anilines is 1. The van der Waals surface area contributed by atoms with Crippen LogP contribution in [0.4, 0.5) is 5.69 Å². The Bertz CT molecular complexity index is 780. The fraction of sp³-hybridized carbons (Fsp3) is 0.435. The van der Waals surface area contributed by atoms with Gasteiger partial charge in [-0.25, -0.2) is 0 Å². The lowest BCUT2D eigenvalue weighted by Crippen LogP contribution is -2.34. The summed E-state index contributed by atoms with van der Waals surface area (Å²) in [7, 11) is 0. The quantitative estimate of drug-likeness (QED) is 0.629. The molecule has 1 saturated heterocycles. The van der Waals surface area contributed by atoms with Crippen LogP contribution in [0.2, 0.25) is 5.02 Å². The Morgan fingerprint density at radius 1 is 1.25 bits per heavy atom. The predicted octanol–water partition coefficient (Wildman–Crippen LogP) is 5.69. The minimum atomic E-state index is 0.00254. The highest BCUT2D eigenvalue weighted by atomic mass is 35.5. The summed E-state index contributed by atoms with van der Waals surface area (Å²) >= 11 is 7.75. The number of carbonyl (C=O) groups is 1. The zero-order chi connectivity index (χ0) is 19.9. The first-order valence-corrected chi connectivity index (χ1v) is 11.5. The average Bonchev–Trinajstić information content (AvgIpc) is 2.69. The topological polar surface area (TPSA) is 32.3 Å². The predicted molar refractivity (Wildman–Crippen MR) is 121 cm³/mol. The van der Waals surface area contributed by atoms with Gasteiger partial charge in [0.25, 0.3) is 0 Å². The number of nitrogens with one attached hydrogen (secondary N) is 1. The van der Waals surface area contributed by atoms with Crippen LogP contribution >= 0.6 is 23.4 Å². The van der Waals surface area contributed by atoms with Gasteiger partial charge in [-0.2, -0.15) is 0 Å². The molecule has 5 heteroatoms. The first kappa shape index (κ1) is 21.1. The summed E-state index contributed by atoms with van der Waals surface area (Å²) < 4.78 is 0. The number of benzene rings is 2. The normalized spacial score (nSPS) is 18.0. The van der Waals surface area contributed by atoms with Crippen molar-refractivity contribution >= 4 is 35.0 Å². The van der Waals surface area contributed by atoms with Crippen LogP contribution in [0, 0.1) is 5.92 Å². The summed E-state index contributed by atoms with van der Waals surface area (Å²) in [5, 5.41) is 3.85. The molecule has 2 aromatic carbocycles. The Morgan fingerprint density at radius 3 is 2.71 bits per heavy atom. The molecule has 150 valence electrons. The molecule has 28 heavy (non-hydrogen) atoms. The van der Waals surface area contributed by atoms with E-state index in [1.165, 1.54) is 18.5 Å². The number of hydrogen-bond acceptors (Lipinski definition) is 3. The molecule has 3 rings (SSSR count). The smallest absolute Gasteiger partial charge is 0.230 e. The number of amides is 1. The lowest BCUT2D eigenvalue weighted by molar-refractivity contribution is -0.119. The van der Waals surface area contributed by atoms with Gasteiger partial charge in [0.2, 0.25) is 5.91 Å². The molecule has 2 aromatic rings. The molecule has 2 atom stereocenters. The average molecular weight is 417 g/mol. The van der Waals surface area contributed by atoms with Crippen molar-refractivity contribution in [3.63, 3.8) is 0 Å². The zero-order valence-electron chi connectivity index (χ0n) is 16.7. The van der Waals surface area contributed by atoms with Crippen LogP contribution in [0.25, 0.3) is 0 Å². The number of halogens is 1. The fourth-order valence-corrected chi connectivity index (χ4v) is 4.76. The van der Waals surface area contributed by atoms with Gasteiger partial charge in [0.1, 0.15) is 0 Å². The van der Waals surface area contributed by atoms with Gasteiger partial charge in [-0.3, -0.25) is 4.79 Å². The minimum Gasteiger partial charge on any atom is -0.371 e.